The minimum atomic E-state index is -3.59. The van der Waals surface area contributed by atoms with Gasteiger partial charge >= 0.3 is 0 Å². The van der Waals surface area contributed by atoms with Crippen molar-refractivity contribution in [2.24, 2.45) is 0 Å². The number of methoxy groups -OCH3 is 1. The lowest BCUT2D eigenvalue weighted by Gasteiger charge is -2.28. The molecule has 26 heavy (non-hydrogen) atoms. The van der Waals surface area contributed by atoms with Crippen molar-refractivity contribution in [1.29, 1.82) is 0 Å². The predicted octanol–water partition coefficient (Wildman–Crippen LogP) is 2.21. The average Bonchev–Trinajstić information content (AvgIpc) is 2.62. The molecule has 0 aromatic heterocycles. The second kappa shape index (κ2) is 8.71. The highest BCUT2D eigenvalue weighted by atomic mass is 32.2. The summed E-state index contributed by atoms with van der Waals surface area (Å²) in [5.74, 6) is 0.436. The number of hydrogen-bond donors (Lipinski definition) is 1. The van der Waals surface area contributed by atoms with Crippen LogP contribution in [0.1, 0.15) is 12.5 Å². The Morgan fingerprint density at radius 3 is 2.27 bits per heavy atom. The van der Waals surface area contributed by atoms with Crippen LogP contribution in [0.15, 0.2) is 54.6 Å². The lowest BCUT2D eigenvalue weighted by Crippen LogP contribution is -2.48. The second-order valence-electron chi connectivity index (χ2n) is 5.96. The maximum atomic E-state index is 12.5. The Bertz CT molecular complexity index is 820. The molecule has 0 saturated heterocycles. The van der Waals surface area contributed by atoms with Crippen LogP contribution in [0.2, 0.25) is 0 Å². The predicted molar refractivity (Wildman–Crippen MR) is 103 cm³/mol. The number of benzene rings is 2. The molecular weight excluding hydrogens is 352 g/mol. The van der Waals surface area contributed by atoms with Gasteiger partial charge in [-0.15, -0.1) is 0 Å². The summed E-state index contributed by atoms with van der Waals surface area (Å²) in [6, 6.07) is 15.4. The summed E-state index contributed by atoms with van der Waals surface area (Å²) in [6.07, 6.45) is 1.74. The topological polar surface area (TPSA) is 75.7 Å². The van der Waals surface area contributed by atoms with E-state index in [1.165, 1.54) is 0 Å². The zero-order chi connectivity index (χ0) is 19.2. The summed E-state index contributed by atoms with van der Waals surface area (Å²) >= 11 is 0. The van der Waals surface area contributed by atoms with Gasteiger partial charge in [0.25, 0.3) is 0 Å². The van der Waals surface area contributed by atoms with Crippen molar-refractivity contribution in [3.8, 4) is 5.75 Å². The molecule has 1 amide bonds. The molecule has 0 aliphatic heterocycles. The fourth-order valence-electron chi connectivity index (χ4n) is 2.65. The zero-order valence-electron chi connectivity index (χ0n) is 15.2. The van der Waals surface area contributed by atoms with Crippen molar-refractivity contribution in [2.45, 2.75) is 19.4 Å². The van der Waals surface area contributed by atoms with Gasteiger partial charge < -0.3 is 10.1 Å². The van der Waals surface area contributed by atoms with E-state index in [0.29, 0.717) is 18.7 Å². The maximum Gasteiger partial charge on any atom is 0.243 e. The molecule has 0 fully saturated rings. The van der Waals surface area contributed by atoms with E-state index < -0.39 is 16.1 Å². The van der Waals surface area contributed by atoms with Crippen LogP contribution in [0.25, 0.3) is 0 Å². The van der Waals surface area contributed by atoms with Gasteiger partial charge in [0.2, 0.25) is 15.9 Å². The van der Waals surface area contributed by atoms with Gasteiger partial charge in [0.15, 0.2) is 0 Å². The molecule has 1 atom stereocenters. The Labute approximate surface area is 154 Å². The summed E-state index contributed by atoms with van der Waals surface area (Å²) in [5.41, 5.74) is 1.52. The Morgan fingerprint density at radius 1 is 1.12 bits per heavy atom. The number of carbonyl (C=O) groups is 1. The first-order valence-electron chi connectivity index (χ1n) is 8.28. The fraction of sp³-hybridized carbons (Fsp3) is 0.316. The summed E-state index contributed by atoms with van der Waals surface area (Å²) < 4.78 is 30.6. The molecule has 7 heteroatoms. The highest BCUT2D eigenvalue weighted by Gasteiger charge is 2.28. The normalized spacial score (nSPS) is 12.3. The van der Waals surface area contributed by atoms with Gasteiger partial charge in [-0.2, -0.15) is 0 Å². The lowest BCUT2D eigenvalue weighted by atomic mass is 10.1. The van der Waals surface area contributed by atoms with Crippen LogP contribution in [-0.2, 0) is 21.2 Å². The maximum absolute atomic E-state index is 12.5. The SMILES string of the molecule is COc1ccc(CCNC(=O)C(C)N(c2ccccc2)S(C)(=O)=O)cc1. The molecule has 0 heterocycles. The Morgan fingerprint density at radius 2 is 1.73 bits per heavy atom. The number of nitrogens with zero attached hydrogens (tertiary/aromatic N) is 1. The summed E-state index contributed by atoms with van der Waals surface area (Å²) in [4.78, 5) is 12.5. The third kappa shape index (κ3) is 5.23. The number of rotatable bonds is 8. The first kappa shape index (κ1) is 19.8. The van der Waals surface area contributed by atoms with E-state index in [1.807, 2.05) is 24.3 Å². The van der Waals surface area contributed by atoms with Crippen molar-refractivity contribution in [1.82, 2.24) is 5.32 Å². The second-order valence-corrected chi connectivity index (χ2v) is 7.82. The van der Waals surface area contributed by atoms with Crippen LogP contribution in [0.4, 0.5) is 5.69 Å². The number of amides is 1. The highest BCUT2D eigenvalue weighted by molar-refractivity contribution is 7.92. The summed E-state index contributed by atoms with van der Waals surface area (Å²) in [7, 11) is -1.98. The number of carbonyl (C=O) groups excluding carboxylic acids is 1. The number of ether oxygens (including phenoxy) is 1. The Hall–Kier alpha value is -2.54. The molecule has 0 saturated carbocycles. The van der Waals surface area contributed by atoms with E-state index in [2.05, 4.69) is 5.32 Å². The van der Waals surface area contributed by atoms with Gasteiger partial charge in [-0.3, -0.25) is 9.10 Å². The van der Waals surface area contributed by atoms with E-state index in [9.17, 15) is 13.2 Å². The van der Waals surface area contributed by atoms with E-state index in [1.54, 1.807) is 44.4 Å². The van der Waals surface area contributed by atoms with Crippen LogP contribution >= 0.6 is 0 Å². The molecule has 2 aromatic rings. The van der Waals surface area contributed by atoms with Crippen LogP contribution in [0.5, 0.6) is 5.75 Å². The smallest absolute Gasteiger partial charge is 0.243 e. The van der Waals surface area contributed by atoms with Crippen molar-refractivity contribution >= 4 is 21.6 Å². The molecule has 140 valence electrons. The Kier molecular flexibility index (Phi) is 6.63. The molecule has 2 aromatic carbocycles. The third-order valence-electron chi connectivity index (χ3n) is 3.97. The molecule has 0 aliphatic rings. The van der Waals surface area contributed by atoms with E-state index in [-0.39, 0.29) is 5.91 Å². The van der Waals surface area contributed by atoms with Crippen molar-refractivity contribution in [2.75, 3.05) is 24.2 Å². The number of para-hydroxylation sites is 1. The van der Waals surface area contributed by atoms with Crippen LogP contribution in [0, 0.1) is 0 Å². The van der Waals surface area contributed by atoms with Gasteiger partial charge in [0.05, 0.1) is 19.1 Å². The number of sulfonamides is 1. The lowest BCUT2D eigenvalue weighted by molar-refractivity contribution is -0.121. The third-order valence-corrected chi connectivity index (χ3v) is 5.21. The average molecular weight is 376 g/mol. The standard InChI is InChI=1S/C19H24N2O4S/c1-15(21(26(3,23)24)17-7-5-4-6-8-17)19(22)20-14-13-16-9-11-18(25-2)12-10-16/h4-12,15H,13-14H2,1-3H3,(H,20,22). The highest BCUT2D eigenvalue weighted by Crippen LogP contribution is 2.20. The van der Waals surface area contributed by atoms with Crippen LogP contribution in [0.3, 0.4) is 0 Å². The largest absolute Gasteiger partial charge is 0.497 e. The van der Waals surface area contributed by atoms with Gasteiger partial charge in [-0.05, 0) is 43.2 Å². The van der Waals surface area contributed by atoms with E-state index >= 15 is 0 Å². The molecule has 2 rings (SSSR count). The van der Waals surface area contributed by atoms with Gasteiger partial charge in [-0.25, -0.2) is 8.42 Å². The van der Waals surface area contributed by atoms with Gasteiger partial charge in [-0.1, -0.05) is 30.3 Å². The van der Waals surface area contributed by atoms with Crippen molar-refractivity contribution in [3.63, 3.8) is 0 Å². The zero-order valence-corrected chi connectivity index (χ0v) is 16.0. The van der Waals surface area contributed by atoms with Gasteiger partial charge in [0.1, 0.15) is 11.8 Å². The molecular formula is C19H24N2O4S. The number of nitrogens with one attached hydrogen (secondary N) is 1. The quantitative estimate of drug-likeness (QED) is 0.766. The summed E-state index contributed by atoms with van der Waals surface area (Å²) in [6.45, 7) is 2.00. The van der Waals surface area contributed by atoms with Crippen molar-refractivity contribution < 1.29 is 17.9 Å². The molecule has 6 nitrogen and oxygen atoms in total. The minimum Gasteiger partial charge on any atom is -0.497 e. The van der Waals surface area contributed by atoms with Crippen molar-refractivity contribution in [3.05, 3.63) is 60.2 Å². The molecule has 0 bridgehead atoms. The van der Waals surface area contributed by atoms with E-state index in [0.717, 1.165) is 21.9 Å². The first-order valence-corrected chi connectivity index (χ1v) is 10.1. The Balaban J connectivity index is 2.00. The molecule has 0 spiro atoms. The molecule has 0 aliphatic carbocycles. The number of hydrogen-bond acceptors (Lipinski definition) is 4. The number of anilines is 1. The molecule has 1 N–H and O–H groups in total. The van der Waals surface area contributed by atoms with Crippen LogP contribution < -0.4 is 14.4 Å². The minimum absolute atomic E-state index is 0.340. The summed E-state index contributed by atoms with van der Waals surface area (Å²) in [5, 5.41) is 2.81. The van der Waals surface area contributed by atoms with Gasteiger partial charge in [0, 0.05) is 6.54 Å². The van der Waals surface area contributed by atoms with Crippen LogP contribution in [-0.4, -0.2) is 40.3 Å². The first-order chi connectivity index (χ1) is 12.3. The van der Waals surface area contributed by atoms with E-state index in [4.69, 9.17) is 4.74 Å². The monoisotopic (exact) mass is 376 g/mol. The molecule has 1 unspecified atom stereocenters. The fourth-order valence-corrected chi connectivity index (χ4v) is 3.83. The molecule has 0 radical (unpaired) electrons.